The largest absolute Gasteiger partial charge is 0.469 e. The second kappa shape index (κ2) is 7.43. The summed E-state index contributed by atoms with van der Waals surface area (Å²) in [4.78, 5) is 10.9. The Bertz CT molecular complexity index is 127. The molecule has 0 bridgehead atoms. The molecule has 1 atom stereocenters. The Hall–Kier alpha value is -0.220. The van der Waals surface area contributed by atoms with E-state index >= 15 is 0 Å². The Labute approximate surface area is 77.8 Å². The molecular weight excluding hydrogens is 176 g/mol. The van der Waals surface area contributed by atoms with Crippen LogP contribution in [-0.4, -0.2) is 31.4 Å². The number of thioether (sulfide) groups is 1. The summed E-state index contributed by atoms with van der Waals surface area (Å²) in [6, 6.07) is 0. The van der Waals surface area contributed by atoms with E-state index in [1.54, 1.807) is 11.8 Å². The number of hydrogen-bond acceptors (Lipinski definition) is 4. The van der Waals surface area contributed by atoms with Gasteiger partial charge >= 0.3 is 5.97 Å². The summed E-state index contributed by atoms with van der Waals surface area (Å²) in [5, 5.41) is 0. The molecule has 0 aliphatic rings. The number of carbonyl (C=O) groups excluding carboxylic acids is 1. The third kappa shape index (κ3) is 5.43. The predicted molar refractivity (Wildman–Crippen MR) is 50.1 cm³/mol. The molecule has 0 radical (unpaired) electrons. The molecule has 1 unspecified atom stereocenters. The summed E-state index contributed by atoms with van der Waals surface area (Å²) < 4.78 is 9.68. The summed E-state index contributed by atoms with van der Waals surface area (Å²) in [7, 11) is 1.41. The summed E-state index contributed by atoms with van der Waals surface area (Å²) in [6.07, 6.45) is 0. The van der Waals surface area contributed by atoms with E-state index in [0.717, 1.165) is 12.4 Å². The first kappa shape index (κ1) is 11.8. The van der Waals surface area contributed by atoms with Gasteiger partial charge in [0.2, 0.25) is 0 Å². The van der Waals surface area contributed by atoms with Crippen molar-refractivity contribution in [3.05, 3.63) is 0 Å². The Kier molecular flexibility index (Phi) is 7.29. The molecule has 3 nitrogen and oxygen atoms in total. The lowest BCUT2D eigenvalue weighted by Gasteiger charge is -2.07. The Morgan fingerprint density at radius 1 is 1.58 bits per heavy atom. The molecule has 0 heterocycles. The topological polar surface area (TPSA) is 35.5 Å². The minimum absolute atomic E-state index is 0.0412. The van der Waals surface area contributed by atoms with Gasteiger partial charge in [-0.25, -0.2) is 0 Å². The molecule has 0 spiro atoms. The van der Waals surface area contributed by atoms with Crippen LogP contribution in [0.5, 0.6) is 0 Å². The van der Waals surface area contributed by atoms with Crippen LogP contribution in [0.2, 0.25) is 0 Å². The average Bonchev–Trinajstić information content (AvgIpc) is 2.10. The smallest absolute Gasteiger partial charge is 0.309 e. The van der Waals surface area contributed by atoms with E-state index < -0.39 is 0 Å². The molecule has 0 fully saturated rings. The van der Waals surface area contributed by atoms with Gasteiger partial charge in [-0.15, -0.1) is 11.8 Å². The molecule has 0 amide bonds. The zero-order chi connectivity index (χ0) is 9.40. The van der Waals surface area contributed by atoms with Crippen LogP contribution in [0.1, 0.15) is 13.8 Å². The van der Waals surface area contributed by atoms with Gasteiger partial charge in [0.05, 0.1) is 19.0 Å². The van der Waals surface area contributed by atoms with Gasteiger partial charge in [-0.1, -0.05) is 6.92 Å². The van der Waals surface area contributed by atoms with Crippen LogP contribution in [0.15, 0.2) is 0 Å². The molecule has 0 aromatic carbocycles. The zero-order valence-corrected chi connectivity index (χ0v) is 8.65. The zero-order valence-electron chi connectivity index (χ0n) is 7.83. The quantitative estimate of drug-likeness (QED) is 0.363. The fourth-order valence-electron chi connectivity index (χ4n) is 0.636. The van der Waals surface area contributed by atoms with Gasteiger partial charge in [-0.05, 0) is 6.92 Å². The first-order valence-corrected chi connectivity index (χ1v) is 5.11. The van der Waals surface area contributed by atoms with Crippen molar-refractivity contribution in [2.75, 3.05) is 25.4 Å². The lowest BCUT2D eigenvalue weighted by atomic mass is 10.2. The normalized spacial score (nSPS) is 12.6. The Balaban J connectivity index is 3.31. The molecule has 0 aliphatic heterocycles. The molecule has 72 valence electrons. The van der Waals surface area contributed by atoms with Crippen molar-refractivity contribution < 1.29 is 14.3 Å². The molecule has 0 saturated carbocycles. The van der Waals surface area contributed by atoms with Gasteiger partial charge in [-0.3, -0.25) is 4.79 Å². The van der Waals surface area contributed by atoms with E-state index in [9.17, 15) is 4.79 Å². The average molecular weight is 192 g/mol. The summed E-state index contributed by atoms with van der Waals surface area (Å²) in [5.74, 6) is 1.21. The molecule has 4 heteroatoms. The van der Waals surface area contributed by atoms with Crippen LogP contribution in [0.3, 0.4) is 0 Å². The highest BCUT2D eigenvalue weighted by Crippen LogP contribution is 2.09. The molecule has 0 aliphatic carbocycles. The Morgan fingerprint density at radius 2 is 2.25 bits per heavy atom. The van der Waals surface area contributed by atoms with E-state index in [2.05, 4.69) is 4.74 Å². The van der Waals surface area contributed by atoms with E-state index in [-0.39, 0.29) is 11.9 Å². The summed E-state index contributed by atoms with van der Waals surface area (Å²) >= 11 is 1.61. The highest BCUT2D eigenvalue weighted by Gasteiger charge is 2.11. The molecule has 0 saturated heterocycles. The fourth-order valence-corrected chi connectivity index (χ4v) is 1.51. The molecule has 0 aromatic heterocycles. The van der Waals surface area contributed by atoms with Crippen molar-refractivity contribution in [3.63, 3.8) is 0 Å². The van der Waals surface area contributed by atoms with Crippen LogP contribution in [0.4, 0.5) is 0 Å². The highest BCUT2D eigenvalue weighted by molar-refractivity contribution is 7.99. The lowest BCUT2D eigenvalue weighted by Crippen LogP contribution is -2.15. The molecular formula is C8H16O3S. The minimum atomic E-state index is -0.154. The minimum Gasteiger partial charge on any atom is -0.469 e. The van der Waals surface area contributed by atoms with Crippen LogP contribution >= 0.6 is 11.8 Å². The number of hydrogen-bond donors (Lipinski definition) is 0. The van der Waals surface area contributed by atoms with Gasteiger partial charge in [0, 0.05) is 12.4 Å². The van der Waals surface area contributed by atoms with Gasteiger partial charge in [0.25, 0.3) is 0 Å². The Morgan fingerprint density at radius 3 is 2.75 bits per heavy atom. The van der Waals surface area contributed by atoms with Crippen LogP contribution in [0.25, 0.3) is 0 Å². The van der Waals surface area contributed by atoms with E-state index in [4.69, 9.17) is 4.74 Å². The standard InChI is InChI=1S/C8H16O3S/c1-4-11-6-12-5-7(2)8(9)10-3/h7H,4-6H2,1-3H3. The van der Waals surface area contributed by atoms with Gasteiger partial charge in [-0.2, -0.15) is 0 Å². The summed E-state index contributed by atoms with van der Waals surface area (Å²) in [6.45, 7) is 4.52. The van der Waals surface area contributed by atoms with Crippen molar-refractivity contribution in [2.45, 2.75) is 13.8 Å². The predicted octanol–water partition coefficient (Wildman–Crippen LogP) is 1.52. The van der Waals surface area contributed by atoms with Crippen LogP contribution < -0.4 is 0 Å². The maximum absolute atomic E-state index is 10.9. The third-order valence-corrected chi connectivity index (χ3v) is 2.41. The van der Waals surface area contributed by atoms with Crippen molar-refractivity contribution in [1.29, 1.82) is 0 Å². The first-order chi connectivity index (χ1) is 5.72. The number of rotatable bonds is 6. The van der Waals surface area contributed by atoms with Crippen molar-refractivity contribution >= 4 is 17.7 Å². The number of ether oxygens (including phenoxy) is 2. The number of methoxy groups -OCH3 is 1. The molecule has 12 heavy (non-hydrogen) atoms. The molecule has 0 N–H and O–H groups in total. The molecule has 0 aromatic rings. The second-order valence-electron chi connectivity index (χ2n) is 2.41. The maximum atomic E-state index is 10.9. The third-order valence-electron chi connectivity index (χ3n) is 1.34. The monoisotopic (exact) mass is 192 g/mol. The van der Waals surface area contributed by atoms with E-state index in [1.165, 1.54) is 7.11 Å². The van der Waals surface area contributed by atoms with Gasteiger partial charge < -0.3 is 9.47 Å². The highest BCUT2D eigenvalue weighted by atomic mass is 32.2. The van der Waals surface area contributed by atoms with Gasteiger partial charge in [0.15, 0.2) is 0 Å². The molecule has 0 rings (SSSR count). The van der Waals surface area contributed by atoms with Crippen LogP contribution in [0, 0.1) is 5.92 Å². The SMILES string of the molecule is CCOCSCC(C)C(=O)OC. The van der Waals surface area contributed by atoms with Crippen molar-refractivity contribution in [2.24, 2.45) is 5.92 Å². The number of esters is 1. The fraction of sp³-hybridized carbons (Fsp3) is 0.875. The van der Waals surface area contributed by atoms with Crippen molar-refractivity contribution in [3.8, 4) is 0 Å². The number of carbonyl (C=O) groups is 1. The van der Waals surface area contributed by atoms with E-state index in [1.807, 2.05) is 13.8 Å². The first-order valence-electron chi connectivity index (χ1n) is 3.95. The van der Waals surface area contributed by atoms with Gasteiger partial charge in [0.1, 0.15) is 0 Å². The van der Waals surface area contributed by atoms with Crippen molar-refractivity contribution in [1.82, 2.24) is 0 Å². The second-order valence-corrected chi connectivity index (χ2v) is 3.38. The maximum Gasteiger partial charge on any atom is 0.309 e. The van der Waals surface area contributed by atoms with E-state index in [0.29, 0.717) is 5.94 Å². The lowest BCUT2D eigenvalue weighted by molar-refractivity contribution is -0.143. The summed E-state index contributed by atoms with van der Waals surface area (Å²) in [5.41, 5.74) is 0. The van der Waals surface area contributed by atoms with Crippen LogP contribution in [-0.2, 0) is 14.3 Å².